The van der Waals surface area contributed by atoms with Crippen molar-refractivity contribution in [3.63, 3.8) is 0 Å². The predicted molar refractivity (Wildman–Crippen MR) is 135 cm³/mol. The second kappa shape index (κ2) is 12.8. The first-order chi connectivity index (χ1) is 13.7. The van der Waals surface area contributed by atoms with Crippen molar-refractivity contribution in [3.8, 4) is 0 Å². The monoisotopic (exact) mass is 534 g/mol. The van der Waals surface area contributed by atoms with E-state index in [4.69, 9.17) is 11.6 Å². The molecule has 0 spiro atoms. The minimum Gasteiger partial charge on any atom is -0.368 e. The van der Waals surface area contributed by atoms with Crippen molar-refractivity contribution in [2.24, 2.45) is 4.99 Å². The number of nitrogens with one attached hydrogen (secondary N) is 1. The highest BCUT2D eigenvalue weighted by atomic mass is 127. The number of likely N-dealkylation sites (N-methyl/N-ethyl adjacent to an activating group) is 1. The Bertz CT molecular complexity index is 635. The van der Waals surface area contributed by atoms with E-state index in [0.29, 0.717) is 0 Å². The number of guanidine groups is 1. The number of hydrogen-bond acceptors (Lipinski definition) is 4. The van der Waals surface area contributed by atoms with Gasteiger partial charge < -0.3 is 24.9 Å². The summed E-state index contributed by atoms with van der Waals surface area (Å²) in [4.78, 5) is 14.3. The molecule has 29 heavy (non-hydrogen) atoms. The highest BCUT2D eigenvalue weighted by Crippen LogP contribution is 2.20. The van der Waals surface area contributed by atoms with Crippen LogP contribution >= 0.6 is 35.6 Å². The maximum Gasteiger partial charge on any atom is 0.193 e. The molecular formula is C21H36ClIN6. The van der Waals surface area contributed by atoms with Crippen LogP contribution in [0.2, 0.25) is 5.02 Å². The second-order valence-electron chi connectivity index (χ2n) is 7.78. The van der Waals surface area contributed by atoms with Crippen molar-refractivity contribution in [3.05, 3.63) is 29.3 Å². The molecule has 1 aromatic carbocycles. The van der Waals surface area contributed by atoms with E-state index in [9.17, 15) is 0 Å². The van der Waals surface area contributed by atoms with E-state index in [1.807, 2.05) is 25.2 Å². The summed E-state index contributed by atoms with van der Waals surface area (Å²) >= 11 is 6.14. The Hall–Kier alpha value is -0.770. The molecule has 2 heterocycles. The number of piperazine rings is 1. The van der Waals surface area contributed by atoms with Crippen LogP contribution in [0.15, 0.2) is 29.3 Å². The van der Waals surface area contributed by atoms with Gasteiger partial charge in [-0.15, -0.1) is 24.0 Å². The lowest BCUT2D eigenvalue weighted by atomic mass is 10.2. The van der Waals surface area contributed by atoms with Gasteiger partial charge in [0.25, 0.3) is 0 Å². The summed E-state index contributed by atoms with van der Waals surface area (Å²) in [7, 11) is 4.11. The Morgan fingerprint density at radius 3 is 2.59 bits per heavy atom. The van der Waals surface area contributed by atoms with E-state index in [-0.39, 0.29) is 24.0 Å². The molecule has 164 valence electrons. The van der Waals surface area contributed by atoms with Gasteiger partial charge in [-0.05, 0) is 57.7 Å². The average Bonchev–Trinajstić information content (AvgIpc) is 2.92. The molecule has 0 aromatic heterocycles. The first-order valence-electron chi connectivity index (χ1n) is 10.5. The summed E-state index contributed by atoms with van der Waals surface area (Å²) in [5.41, 5.74) is 1.21. The molecule has 2 saturated heterocycles. The maximum absolute atomic E-state index is 6.14. The SMILES string of the molecule is CN=C(NCCCN1CCCN(C)CC1)N1CCN(c2cccc(Cl)c2)CC1.I. The van der Waals surface area contributed by atoms with Crippen LogP contribution in [0.4, 0.5) is 5.69 Å². The summed E-state index contributed by atoms with van der Waals surface area (Å²) in [6, 6.07) is 8.13. The lowest BCUT2D eigenvalue weighted by Gasteiger charge is -2.37. The van der Waals surface area contributed by atoms with E-state index in [2.05, 4.69) is 43.0 Å². The van der Waals surface area contributed by atoms with Gasteiger partial charge >= 0.3 is 0 Å². The standard InChI is InChI=1S/C21H35ClN6.HI/c1-23-21(24-8-4-10-26-11-5-9-25(2)12-13-26)28-16-14-27(15-17-28)20-7-3-6-19(22)18-20;/h3,6-7,18H,4-5,8-17H2,1-2H3,(H,23,24);1H. The van der Waals surface area contributed by atoms with Gasteiger partial charge in [0, 0.05) is 63.6 Å². The molecule has 1 aromatic rings. The van der Waals surface area contributed by atoms with E-state index < -0.39 is 0 Å². The van der Waals surface area contributed by atoms with Crippen molar-refractivity contribution in [1.82, 2.24) is 20.0 Å². The molecule has 6 nitrogen and oxygen atoms in total. The van der Waals surface area contributed by atoms with E-state index in [1.54, 1.807) is 0 Å². The van der Waals surface area contributed by atoms with Crippen molar-refractivity contribution in [2.75, 3.05) is 84.4 Å². The lowest BCUT2D eigenvalue weighted by molar-refractivity contribution is 0.273. The molecule has 1 N–H and O–H groups in total. The Balaban J connectivity index is 0.00000300. The molecule has 0 bridgehead atoms. The molecular weight excluding hydrogens is 499 g/mol. The van der Waals surface area contributed by atoms with Gasteiger partial charge in [-0.2, -0.15) is 0 Å². The molecule has 0 saturated carbocycles. The first-order valence-corrected chi connectivity index (χ1v) is 10.9. The van der Waals surface area contributed by atoms with Gasteiger partial charge in [0.2, 0.25) is 0 Å². The number of benzene rings is 1. The third-order valence-electron chi connectivity index (χ3n) is 5.71. The zero-order valence-corrected chi connectivity index (χ0v) is 20.9. The van der Waals surface area contributed by atoms with Crippen LogP contribution in [0.5, 0.6) is 0 Å². The quantitative estimate of drug-likeness (QED) is 0.272. The number of hydrogen-bond donors (Lipinski definition) is 1. The van der Waals surface area contributed by atoms with Gasteiger partial charge in [-0.3, -0.25) is 4.99 Å². The highest BCUT2D eigenvalue weighted by molar-refractivity contribution is 14.0. The summed E-state index contributed by atoms with van der Waals surface area (Å²) < 4.78 is 0. The number of halogens is 2. The minimum absolute atomic E-state index is 0. The van der Waals surface area contributed by atoms with Crippen LogP contribution in [0.25, 0.3) is 0 Å². The van der Waals surface area contributed by atoms with Crippen molar-refractivity contribution >= 4 is 47.2 Å². The van der Waals surface area contributed by atoms with Gasteiger partial charge in [-0.1, -0.05) is 17.7 Å². The first kappa shape index (κ1) is 24.5. The Morgan fingerprint density at radius 2 is 1.86 bits per heavy atom. The maximum atomic E-state index is 6.14. The van der Waals surface area contributed by atoms with Gasteiger partial charge in [0.1, 0.15) is 0 Å². The van der Waals surface area contributed by atoms with Crippen molar-refractivity contribution < 1.29 is 0 Å². The molecule has 8 heteroatoms. The molecule has 0 aliphatic carbocycles. The Kier molecular flexibility index (Phi) is 10.8. The van der Waals surface area contributed by atoms with E-state index in [1.165, 1.54) is 44.8 Å². The third-order valence-corrected chi connectivity index (χ3v) is 5.95. The van der Waals surface area contributed by atoms with Gasteiger partial charge in [-0.25, -0.2) is 0 Å². The molecule has 2 aliphatic heterocycles. The van der Waals surface area contributed by atoms with Crippen LogP contribution in [-0.4, -0.2) is 100 Å². The van der Waals surface area contributed by atoms with E-state index >= 15 is 0 Å². The third kappa shape index (κ3) is 7.77. The van der Waals surface area contributed by atoms with Crippen molar-refractivity contribution in [1.29, 1.82) is 0 Å². The van der Waals surface area contributed by atoms with Gasteiger partial charge in [0.15, 0.2) is 5.96 Å². The highest BCUT2D eigenvalue weighted by Gasteiger charge is 2.20. The molecule has 3 rings (SSSR count). The fourth-order valence-electron chi connectivity index (χ4n) is 4.01. The summed E-state index contributed by atoms with van der Waals surface area (Å²) in [6.07, 6.45) is 2.44. The minimum atomic E-state index is 0. The topological polar surface area (TPSA) is 37.4 Å². The van der Waals surface area contributed by atoms with Crippen LogP contribution in [0.3, 0.4) is 0 Å². The fraction of sp³-hybridized carbons (Fsp3) is 0.667. The number of rotatable bonds is 5. The summed E-state index contributed by atoms with van der Waals surface area (Å²) in [5, 5.41) is 4.37. The molecule has 0 atom stereocenters. The Labute approximate surface area is 198 Å². The van der Waals surface area contributed by atoms with Gasteiger partial charge in [0.05, 0.1) is 0 Å². The molecule has 0 unspecified atom stereocenters. The van der Waals surface area contributed by atoms with Crippen LogP contribution in [0.1, 0.15) is 12.8 Å². The molecule has 0 amide bonds. The normalized spacial score (nSPS) is 19.6. The lowest BCUT2D eigenvalue weighted by Crippen LogP contribution is -2.52. The Morgan fingerprint density at radius 1 is 1.07 bits per heavy atom. The average molecular weight is 535 g/mol. The van der Waals surface area contributed by atoms with Crippen LogP contribution in [-0.2, 0) is 0 Å². The van der Waals surface area contributed by atoms with Crippen LogP contribution < -0.4 is 10.2 Å². The molecule has 0 radical (unpaired) electrons. The summed E-state index contributed by atoms with van der Waals surface area (Å²) in [6.45, 7) is 10.9. The zero-order chi connectivity index (χ0) is 19.8. The number of anilines is 1. The largest absolute Gasteiger partial charge is 0.368 e. The number of aliphatic imine (C=N–C) groups is 1. The van der Waals surface area contributed by atoms with Crippen molar-refractivity contribution in [2.45, 2.75) is 12.8 Å². The molecule has 2 aliphatic rings. The zero-order valence-electron chi connectivity index (χ0n) is 17.8. The summed E-state index contributed by atoms with van der Waals surface area (Å²) in [5.74, 6) is 1.03. The van der Waals surface area contributed by atoms with Crippen LogP contribution in [0, 0.1) is 0 Å². The number of nitrogens with zero attached hydrogens (tertiary/aromatic N) is 5. The fourth-order valence-corrected chi connectivity index (χ4v) is 4.19. The second-order valence-corrected chi connectivity index (χ2v) is 8.22. The predicted octanol–water partition coefficient (Wildman–Crippen LogP) is 2.68. The molecule has 2 fully saturated rings. The van der Waals surface area contributed by atoms with E-state index in [0.717, 1.165) is 50.1 Å². The smallest absolute Gasteiger partial charge is 0.193 e.